The summed E-state index contributed by atoms with van der Waals surface area (Å²) in [5.74, 6) is 0. The highest BCUT2D eigenvalue weighted by Gasteiger charge is 2.46. The molecule has 9 rings (SSSR count). The third kappa shape index (κ3) is 3.62. The van der Waals surface area contributed by atoms with Gasteiger partial charge >= 0.3 is 0 Å². The second-order valence-electron chi connectivity index (χ2n) is 13.4. The van der Waals surface area contributed by atoms with E-state index in [0.29, 0.717) is 0 Å². The average molecular weight is 600 g/mol. The van der Waals surface area contributed by atoms with Gasteiger partial charge in [-0.15, -0.1) is 11.3 Å². The molecule has 0 atom stereocenters. The first-order valence-electron chi connectivity index (χ1n) is 15.7. The zero-order valence-corrected chi connectivity index (χ0v) is 26.7. The minimum Gasteiger partial charge on any atom is -0.453 e. The van der Waals surface area contributed by atoms with Crippen LogP contribution in [0, 0.1) is 0 Å². The molecule has 0 radical (unpaired) electrons. The third-order valence-electron chi connectivity index (χ3n) is 10.6. The Morgan fingerprint density at radius 1 is 0.511 bits per heavy atom. The van der Waals surface area contributed by atoms with E-state index in [1.54, 1.807) is 0 Å². The van der Waals surface area contributed by atoms with Crippen LogP contribution < -0.4 is 4.90 Å². The molecule has 2 aromatic heterocycles. The van der Waals surface area contributed by atoms with E-state index in [0.717, 1.165) is 39.0 Å². The Labute approximate surface area is 267 Å². The molecule has 0 amide bonds. The molecule has 3 heteroatoms. The predicted octanol–water partition coefficient (Wildman–Crippen LogP) is 12.7. The summed E-state index contributed by atoms with van der Waals surface area (Å²) in [5.41, 5.74) is 10.2. The summed E-state index contributed by atoms with van der Waals surface area (Å²) in [6.45, 7) is 9.51. The van der Waals surface area contributed by atoms with Crippen molar-refractivity contribution in [2.24, 2.45) is 0 Å². The molecule has 45 heavy (non-hydrogen) atoms. The van der Waals surface area contributed by atoms with Crippen LogP contribution in [0.3, 0.4) is 0 Å². The minimum absolute atomic E-state index is 0.0317. The zero-order chi connectivity index (χ0) is 30.5. The molecule has 0 N–H and O–H groups in total. The molecule has 0 aliphatic heterocycles. The zero-order valence-electron chi connectivity index (χ0n) is 25.9. The Morgan fingerprint density at radius 3 is 2.07 bits per heavy atom. The number of fused-ring (bicyclic) bond motifs is 10. The van der Waals surface area contributed by atoms with Crippen molar-refractivity contribution in [1.82, 2.24) is 0 Å². The monoisotopic (exact) mass is 599 g/mol. The van der Waals surface area contributed by atoms with Gasteiger partial charge in [0.1, 0.15) is 5.58 Å². The lowest BCUT2D eigenvalue weighted by atomic mass is 9.55. The van der Waals surface area contributed by atoms with E-state index in [1.807, 2.05) is 11.3 Å². The largest absolute Gasteiger partial charge is 0.453 e. The topological polar surface area (TPSA) is 16.4 Å². The van der Waals surface area contributed by atoms with Gasteiger partial charge in [0.05, 0.1) is 5.69 Å². The summed E-state index contributed by atoms with van der Waals surface area (Å²) < 4.78 is 9.74. The molecule has 6 aromatic carbocycles. The number of hydrogen-bond donors (Lipinski definition) is 0. The van der Waals surface area contributed by atoms with Crippen molar-refractivity contribution < 1.29 is 4.42 Å². The fourth-order valence-corrected chi connectivity index (χ4v) is 8.67. The molecular formula is C42H33NOS. The summed E-state index contributed by atoms with van der Waals surface area (Å²) >= 11 is 1.85. The molecule has 1 aliphatic rings. The second-order valence-corrected chi connectivity index (χ2v) is 14.4. The number of hydrogen-bond acceptors (Lipinski definition) is 3. The SMILES string of the molecule is CC1(C)c2ccccc2-c2c(ccc3c2oc2c(N(c4ccccc4)c4ccc5sc6ccccc6c5c4)cccc23)C1(C)C. The Kier molecular flexibility index (Phi) is 5.50. The maximum atomic E-state index is 7.13. The van der Waals surface area contributed by atoms with Crippen molar-refractivity contribution in [3.05, 3.63) is 139 Å². The third-order valence-corrected chi connectivity index (χ3v) is 11.8. The molecular weight excluding hydrogens is 567 g/mol. The van der Waals surface area contributed by atoms with E-state index < -0.39 is 0 Å². The lowest BCUT2D eigenvalue weighted by Gasteiger charge is -2.48. The van der Waals surface area contributed by atoms with Crippen molar-refractivity contribution in [2.45, 2.75) is 38.5 Å². The van der Waals surface area contributed by atoms with Gasteiger partial charge < -0.3 is 9.32 Å². The highest BCUT2D eigenvalue weighted by Crippen LogP contribution is 2.56. The molecule has 0 unspecified atom stereocenters. The summed E-state index contributed by atoms with van der Waals surface area (Å²) in [6.07, 6.45) is 0. The highest BCUT2D eigenvalue weighted by molar-refractivity contribution is 7.25. The molecule has 0 saturated heterocycles. The van der Waals surface area contributed by atoms with Gasteiger partial charge in [-0.3, -0.25) is 0 Å². The van der Waals surface area contributed by atoms with Gasteiger partial charge in [-0.2, -0.15) is 0 Å². The molecule has 2 nitrogen and oxygen atoms in total. The summed E-state index contributed by atoms with van der Waals surface area (Å²) in [7, 11) is 0. The summed E-state index contributed by atoms with van der Waals surface area (Å²) in [5, 5.41) is 4.86. The average Bonchev–Trinajstić information content (AvgIpc) is 3.63. The number of anilines is 3. The standard InChI is InChI=1S/C42H33NOS/c1-41(2)33-18-10-8-16-31(33)38-34(42(41,3)4)23-22-30-29-17-12-19-35(39(29)44-40(30)38)43(26-13-6-5-7-14-26)27-21-24-37-32(25-27)28-15-9-11-20-36(28)45-37/h5-25H,1-4H3. The Bertz CT molecular complexity index is 2440. The Morgan fingerprint density at radius 2 is 1.20 bits per heavy atom. The number of nitrogens with zero attached hydrogens (tertiary/aromatic N) is 1. The van der Waals surface area contributed by atoms with Gasteiger partial charge in [-0.1, -0.05) is 113 Å². The molecule has 0 bridgehead atoms. The van der Waals surface area contributed by atoms with E-state index >= 15 is 0 Å². The van der Waals surface area contributed by atoms with Crippen LogP contribution in [0.25, 0.3) is 53.2 Å². The molecule has 0 spiro atoms. The van der Waals surface area contributed by atoms with Crippen LogP contribution in [-0.4, -0.2) is 0 Å². The van der Waals surface area contributed by atoms with Crippen LogP contribution in [0.2, 0.25) is 0 Å². The maximum Gasteiger partial charge on any atom is 0.159 e. The number of thiophene rings is 1. The van der Waals surface area contributed by atoms with Crippen molar-refractivity contribution >= 4 is 70.5 Å². The van der Waals surface area contributed by atoms with Gasteiger partial charge in [-0.05, 0) is 70.0 Å². The van der Waals surface area contributed by atoms with Crippen LogP contribution in [-0.2, 0) is 10.8 Å². The van der Waals surface area contributed by atoms with Crippen molar-refractivity contribution in [2.75, 3.05) is 4.90 Å². The first kappa shape index (κ1) is 26.5. The van der Waals surface area contributed by atoms with Crippen LogP contribution in [0.4, 0.5) is 17.1 Å². The van der Waals surface area contributed by atoms with E-state index in [2.05, 4.69) is 160 Å². The number of rotatable bonds is 3. The maximum absolute atomic E-state index is 7.13. The molecule has 1 aliphatic carbocycles. The molecule has 8 aromatic rings. The molecule has 218 valence electrons. The summed E-state index contributed by atoms with van der Waals surface area (Å²) in [6, 6.07) is 46.3. The molecule has 2 heterocycles. The van der Waals surface area contributed by atoms with Crippen LogP contribution in [0.1, 0.15) is 38.8 Å². The number of para-hydroxylation sites is 2. The first-order valence-corrected chi connectivity index (χ1v) is 16.5. The van der Waals surface area contributed by atoms with E-state index in [-0.39, 0.29) is 10.8 Å². The van der Waals surface area contributed by atoms with Crippen LogP contribution in [0.5, 0.6) is 0 Å². The van der Waals surface area contributed by atoms with Gasteiger partial charge in [0.15, 0.2) is 5.58 Å². The quantitative estimate of drug-likeness (QED) is 0.201. The Balaban J connectivity index is 1.34. The smallest absolute Gasteiger partial charge is 0.159 e. The lowest BCUT2D eigenvalue weighted by molar-refractivity contribution is 0.299. The highest BCUT2D eigenvalue weighted by atomic mass is 32.1. The normalized spacial score (nSPS) is 15.0. The first-order chi connectivity index (χ1) is 21.8. The predicted molar refractivity (Wildman–Crippen MR) is 193 cm³/mol. The Hall–Kier alpha value is -4.86. The van der Waals surface area contributed by atoms with Crippen molar-refractivity contribution in [1.29, 1.82) is 0 Å². The van der Waals surface area contributed by atoms with E-state index in [1.165, 1.54) is 42.4 Å². The summed E-state index contributed by atoms with van der Waals surface area (Å²) in [4.78, 5) is 2.35. The van der Waals surface area contributed by atoms with Crippen LogP contribution >= 0.6 is 11.3 Å². The van der Waals surface area contributed by atoms with Gasteiger partial charge in [-0.25, -0.2) is 0 Å². The van der Waals surface area contributed by atoms with E-state index in [4.69, 9.17) is 4.42 Å². The fourth-order valence-electron chi connectivity index (χ4n) is 7.59. The fraction of sp³-hybridized carbons (Fsp3) is 0.143. The molecule has 0 fully saturated rings. The van der Waals surface area contributed by atoms with Crippen molar-refractivity contribution in [3.63, 3.8) is 0 Å². The van der Waals surface area contributed by atoms with Gasteiger partial charge in [0.2, 0.25) is 0 Å². The van der Waals surface area contributed by atoms with Crippen LogP contribution in [0.15, 0.2) is 132 Å². The van der Waals surface area contributed by atoms with Crippen molar-refractivity contribution in [3.8, 4) is 11.1 Å². The van der Waals surface area contributed by atoms with Gasteiger partial charge in [0, 0.05) is 47.9 Å². The van der Waals surface area contributed by atoms with Gasteiger partial charge in [0.25, 0.3) is 0 Å². The molecule has 0 saturated carbocycles. The second kappa shape index (κ2) is 9.32. The number of benzene rings is 6. The lowest BCUT2D eigenvalue weighted by Crippen LogP contribution is -2.43. The van der Waals surface area contributed by atoms with E-state index in [9.17, 15) is 0 Å². The number of furan rings is 1. The minimum atomic E-state index is -0.0819.